The number of ether oxygens (including phenoxy) is 1. The van der Waals surface area contributed by atoms with Gasteiger partial charge in [-0.25, -0.2) is 8.42 Å². The fraction of sp³-hybridized carbons (Fsp3) is 0.364. The molecule has 3 rings (SSSR count). The highest BCUT2D eigenvalue weighted by molar-refractivity contribution is 7.92. The highest BCUT2D eigenvalue weighted by Crippen LogP contribution is 2.18. The highest BCUT2D eigenvalue weighted by atomic mass is 32.2. The number of benzene rings is 2. The minimum atomic E-state index is -3.36. The van der Waals surface area contributed by atoms with Gasteiger partial charge in [0.1, 0.15) is 5.75 Å². The molecule has 0 aliphatic carbocycles. The first-order valence-corrected chi connectivity index (χ1v) is 12.0. The van der Waals surface area contributed by atoms with Crippen LogP contribution in [-0.2, 0) is 10.0 Å². The van der Waals surface area contributed by atoms with Crippen molar-refractivity contribution in [2.75, 3.05) is 30.7 Å². The Kier molecular flexibility index (Phi) is 7.17. The van der Waals surface area contributed by atoms with Crippen LogP contribution in [-0.4, -0.2) is 57.1 Å². The molecule has 8 nitrogen and oxygen atoms in total. The SMILES string of the molecule is CCOc1ccc(C(=O)NC2CCN(C(=O)c3ccc(NS(C)(=O)=O)cc3)CC2)cc1. The lowest BCUT2D eigenvalue weighted by molar-refractivity contribution is 0.0698. The van der Waals surface area contributed by atoms with Gasteiger partial charge in [-0.1, -0.05) is 0 Å². The van der Waals surface area contributed by atoms with Crippen molar-refractivity contribution in [1.82, 2.24) is 10.2 Å². The Balaban J connectivity index is 1.50. The molecule has 2 N–H and O–H groups in total. The van der Waals surface area contributed by atoms with Gasteiger partial charge < -0.3 is 15.0 Å². The molecule has 0 atom stereocenters. The molecule has 1 saturated heterocycles. The Labute approximate surface area is 182 Å². The number of carbonyl (C=O) groups excluding carboxylic acids is 2. The molecular formula is C22H27N3O5S. The minimum Gasteiger partial charge on any atom is -0.494 e. The molecule has 1 heterocycles. The first-order chi connectivity index (χ1) is 14.7. The van der Waals surface area contributed by atoms with Crippen molar-refractivity contribution in [3.05, 3.63) is 59.7 Å². The van der Waals surface area contributed by atoms with E-state index in [0.29, 0.717) is 49.4 Å². The first-order valence-electron chi connectivity index (χ1n) is 10.2. The molecule has 31 heavy (non-hydrogen) atoms. The van der Waals surface area contributed by atoms with Gasteiger partial charge in [-0.05, 0) is 68.3 Å². The van der Waals surface area contributed by atoms with Crippen molar-refractivity contribution >= 4 is 27.5 Å². The predicted molar refractivity (Wildman–Crippen MR) is 119 cm³/mol. The monoisotopic (exact) mass is 445 g/mol. The Bertz CT molecular complexity index is 1010. The Hall–Kier alpha value is -3.07. The van der Waals surface area contributed by atoms with Gasteiger partial charge in [-0.3, -0.25) is 14.3 Å². The van der Waals surface area contributed by atoms with Crippen LogP contribution < -0.4 is 14.8 Å². The van der Waals surface area contributed by atoms with Gasteiger partial charge in [0.05, 0.1) is 12.9 Å². The first kappa shape index (κ1) is 22.6. The Morgan fingerprint density at radius 1 is 1.00 bits per heavy atom. The summed E-state index contributed by atoms with van der Waals surface area (Å²) in [7, 11) is -3.36. The average molecular weight is 446 g/mol. The summed E-state index contributed by atoms with van der Waals surface area (Å²) in [5, 5.41) is 3.03. The molecule has 1 aliphatic heterocycles. The zero-order chi connectivity index (χ0) is 22.4. The number of nitrogens with zero attached hydrogens (tertiary/aromatic N) is 1. The molecule has 9 heteroatoms. The van der Waals surface area contributed by atoms with E-state index in [2.05, 4.69) is 10.0 Å². The highest BCUT2D eigenvalue weighted by Gasteiger charge is 2.25. The van der Waals surface area contributed by atoms with E-state index in [4.69, 9.17) is 4.74 Å². The maximum absolute atomic E-state index is 12.7. The molecule has 0 saturated carbocycles. The third-order valence-electron chi connectivity index (χ3n) is 4.98. The molecule has 0 radical (unpaired) electrons. The second-order valence-electron chi connectivity index (χ2n) is 7.45. The van der Waals surface area contributed by atoms with E-state index in [9.17, 15) is 18.0 Å². The second-order valence-corrected chi connectivity index (χ2v) is 9.20. The standard InChI is InChI=1S/C22H27N3O5S/c1-3-30-20-10-6-16(7-11-20)21(26)23-18-12-14-25(15-13-18)22(27)17-4-8-19(9-5-17)24-31(2,28)29/h4-11,18,24H,3,12-15H2,1-2H3,(H,23,26). The normalized spacial score (nSPS) is 14.7. The van der Waals surface area contributed by atoms with Gasteiger partial charge in [-0.2, -0.15) is 0 Å². The summed E-state index contributed by atoms with van der Waals surface area (Å²) >= 11 is 0. The van der Waals surface area contributed by atoms with E-state index >= 15 is 0 Å². The van der Waals surface area contributed by atoms with Crippen molar-refractivity contribution < 1.29 is 22.7 Å². The third-order valence-corrected chi connectivity index (χ3v) is 5.59. The summed E-state index contributed by atoms with van der Waals surface area (Å²) in [6.45, 7) is 3.56. The number of hydrogen-bond acceptors (Lipinski definition) is 5. The second kappa shape index (κ2) is 9.82. The largest absolute Gasteiger partial charge is 0.494 e. The lowest BCUT2D eigenvalue weighted by atomic mass is 10.0. The number of carbonyl (C=O) groups is 2. The summed E-state index contributed by atoms with van der Waals surface area (Å²) in [6.07, 6.45) is 2.41. The molecule has 1 fully saturated rings. The van der Waals surface area contributed by atoms with E-state index in [1.807, 2.05) is 6.92 Å². The van der Waals surface area contributed by atoms with Crippen LogP contribution in [0.1, 0.15) is 40.5 Å². The predicted octanol–water partition coefficient (Wildman–Crippen LogP) is 2.49. The lowest BCUT2D eigenvalue weighted by Gasteiger charge is -2.32. The maximum Gasteiger partial charge on any atom is 0.253 e. The van der Waals surface area contributed by atoms with Gasteiger partial charge in [0.2, 0.25) is 10.0 Å². The smallest absolute Gasteiger partial charge is 0.253 e. The molecule has 0 aromatic heterocycles. The number of anilines is 1. The van der Waals surface area contributed by atoms with Crippen molar-refractivity contribution in [2.24, 2.45) is 0 Å². The van der Waals surface area contributed by atoms with E-state index in [1.165, 1.54) is 0 Å². The topological polar surface area (TPSA) is 105 Å². The van der Waals surface area contributed by atoms with Crippen LogP contribution in [0.2, 0.25) is 0 Å². The van der Waals surface area contributed by atoms with Crippen molar-refractivity contribution in [3.63, 3.8) is 0 Å². The molecular weight excluding hydrogens is 418 g/mol. The molecule has 0 spiro atoms. The van der Waals surface area contributed by atoms with Gasteiger partial charge in [-0.15, -0.1) is 0 Å². The third kappa shape index (κ3) is 6.45. The quantitative estimate of drug-likeness (QED) is 0.681. The summed E-state index contributed by atoms with van der Waals surface area (Å²) in [6, 6.07) is 13.4. The molecule has 0 unspecified atom stereocenters. The number of hydrogen-bond donors (Lipinski definition) is 2. The number of rotatable bonds is 7. The number of likely N-dealkylation sites (tertiary alicyclic amines) is 1. The van der Waals surface area contributed by atoms with E-state index in [0.717, 1.165) is 12.0 Å². The van der Waals surface area contributed by atoms with Crippen LogP contribution >= 0.6 is 0 Å². The lowest BCUT2D eigenvalue weighted by Crippen LogP contribution is -2.46. The van der Waals surface area contributed by atoms with Crippen LogP contribution in [0, 0.1) is 0 Å². The number of piperidine rings is 1. The summed E-state index contributed by atoms with van der Waals surface area (Å²) in [4.78, 5) is 26.9. The zero-order valence-electron chi connectivity index (χ0n) is 17.6. The molecule has 2 amide bonds. The van der Waals surface area contributed by atoms with Crippen molar-refractivity contribution in [1.29, 1.82) is 0 Å². The molecule has 1 aliphatic rings. The van der Waals surface area contributed by atoms with Crippen LogP contribution in [0.25, 0.3) is 0 Å². The van der Waals surface area contributed by atoms with Crippen molar-refractivity contribution in [3.8, 4) is 5.75 Å². The number of sulfonamides is 1. The van der Waals surface area contributed by atoms with Crippen LogP contribution in [0.3, 0.4) is 0 Å². The Morgan fingerprint density at radius 3 is 2.13 bits per heavy atom. The zero-order valence-corrected chi connectivity index (χ0v) is 18.4. The molecule has 0 bridgehead atoms. The van der Waals surface area contributed by atoms with Crippen LogP contribution in [0.15, 0.2) is 48.5 Å². The number of amides is 2. The summed E-state index contributed by atoms with van der Waals surface area (Å²) in [5.41, 5.74) is 1.48. The average Bonchev–Trinajstić information content (AvgIpc) is 2.74. The maximum atomic E-state index is 12.7. The van der Waals surface area contributed by atoms with Crippen LogP contribution in [0.4, 0.5) is 5.69 Å². The van der Waals surface area contributed by atoms with Gasteiger partial charge >= 0.3 is 0 Å². The van der Waals surface area contributed by atoms with Gasteiger partial charge in [0.15, 0.2) is 0 Å². The summed E-state index contributed by atoms with van der Waals surface area (Å²) < 4.78 is 30.3. The fourth-order valence-corrected chi connectivity index (χ4v) is 4.01. The van der Waals surface area contributed by atoms with Gasteiger partial charge in [0, 0.05) is 35.9 Å². The molecule has 2 aromatic carbocycles. The molecule has 2 aromatic rings. The fourth-order valence-electron chi connectivity index (χ4n) is 3.44. The molecule has 166 valence electrons. The van der Waals surface area contributed by atoms with Crippen LogP contribution in [0.5, 0.6) is 5.75 Å². The van der Waals surface area contributed by atoms with E-state index in [-0.39, 0.29) is 17.9 Å². The van der Waals surface area contributed by atoms with E-state index < -0.39 is 10.0 Å². The minimum absolute atomic E-state index is 0.00413. The Morgan fingerprint density at radius 2 is 1.58 bits per heavy atom. The van der Waals surface area contributed by atoms with Gasteiger partial charge in [0.25, 0.3) is 11.8 Å². The number of nitrogens with one attached hydrogen (secondary N) is 2. The van der Waals surface area contributed by atoms with E-state index in [1.54, 1.807) is 53.4 Å². The van der Waals surface area contributed by atoms with Crippen molar-refractivity contribution in [2.45, 2.75) is 25.8 Å². The summed E-state index contributed by atoms with van der Waals surface area (Å²) in [5.74, 6) is 0.481.